The predicted octanol–water partition coefficient (Wildman–Crippen LogP) is 2.59. The zero-order valence-corrected chi connectivity index (χ0v) is 10.0. The van der Waals surface area contributed by atoms with Crippen molar-refractivity contribution in [3.8, 4) is 0 Å². The Hall–Kier alpha value is -1.62. The first-order valence-corrected chi connectivity index (χ1v) is 6.03. The summed E-state index contributed by atoms with van der Waals surface area (Å²) in [6.07, 6.45) is 2.57. The molecule has 2 aromatic heterocycles. The second kappa shape index (κ2) is 4.49. The first-order chi connectivity index (χ1) is 7.72. The molecule has 2 rings (SSSR count). The summed E-state index contributed by atoms with van der Waals surface area (Å²) in [6, 6.07) is 0. The fourth-order valence-corrected chi connectivity index (χ4v) is 2.29. The number of rotatable bonds is 3. The maximum atomic E-state index is 11.9. The number of carbonyl (C=O) groups is 1. The van der Waals surface area contributed by atoms with Gasteiger partial charge in [0, 0.05) is 10.9 Å². The number of aromatic nitrogens is 2. The van der Waals surface area contributed by atoms with Crippen LogP contribution >= 0.6 is 11.3 Å². The van der Waals surface area contributed by atoms with Crippen molar-refractivity contribution in [1.82, 2.24) is 10.2 Å². The van der Waals surface area contributed by atoms with Crippen LogP contribution in [0.4, 0.5) is 5.82 Å². The summed E-state index contributed by atoms with van der Waals surface area (Å²) in [4.78, 5) is 11.9. The van der Waals surface area contributed by atoms with Crippen molar-refractivity contribution in [1.29, 1.82) is 0 Å². The zero-order chi connectivity index (χ0) is 11.5. The molecule has 0 atom stereocenters. The fourth-order valence-electron chi connectivity index (χ4n) is 1.46. The number of H-pyrrole nitrogens is 1. The molecule has 5 heteroatoms. The average Bonchev–Trinajstić information content (AvgIpc) is 2.86. The maximum Gasteiger partial charge on any atom is 0.257 e. The molecule has 2 heterocycles. The highest BCUT2D eigenvalue weighted by molar-refractivity contribution is 7.08. The van der Waals surface area contributed by atoms with E-state index in [1.54, 1.807) is 6.20 Å². The van der Waals surface area contributed by atoms with E-state index < -0.39 is 0 Å². The molecular weight excluding hydrogens is 222 g/mol. The number of nitrogens with one attached hydrogen (secondary N) is 2. The van der Waals surface area contributed by atoms with E-state index in [2.05, 4.69) is 15.5 Å². The molecule has 84 valence electrons. The number of hydrogen-bond acceptors (Lipinski definition) is 3. The van der Waals surface area contributed by atoms with Crippen molar-refractivity contribution >= 4 is 23.1 Å². The van der Waals surface area contributed by atoms with Crippen LogP contribution in [0.5, 0.6) is 0 Å². The molecule has 0 fully saturated rings. The Kier molecular flexibility index (Phi) is 3.05. The normalized spacial score (nSPS) is 10.4. The molecule has 0 aliphatic rings. The summed E-state index contributed by atoms with van der Waals surface area (Å²) in [6.45, 7) is 3.95. The maximum absolute atomic E-state index is 11.9. The van der Waals surface area contributed by atoms with Gasteiger partial charge in [-0.2, -0.15) is 16.4 Å². The fraction of sp³-hybridized carbons (Fsp3) is 0.273. The first kappa shape index (κ1) is 10.9. The van der Waals surface area contributed by atoms with E-state index in [0.717, 1.165) is 23.1 Å². The minimum atomic E-state index is -0.0855. The van der Waals surface area contributed by atoms with Gasteiger partial charge in [-0.15, -0.1) is 0 Å². The number of nitrogens with zero attached hydrogens (tertiary/aromatic N) is 1. The molecule has 0 radical (unpaired) electrons. The molecule has 4 nitrogen and oxygen atoms in total. The van der Waals surface area contributed by atoms with Crippen LogP contribution in [0.1, 0.15) is 28.4 Å². The SMILES string of the molecule is CCc1cn[nH]c1NC(=O)c1cscc1C. The van der Waals surface area contributed by atoms with E-state index in [4.69, 9.17) is 0 Å². The van der Waals surface area contributed by atoms with Crippen LogP contribution in [0.25, 0.3) is 0 Å². The number of anilines is 1. The second-order valence-electron chi connectivity index (χ2n) is 3.55. The first-order valence-electron chi connectivity index (χ1n) is 5.08. The number of thiophene rings is 1. The molecule has 0 saturated heterocycles. The van der Waals surface area contributed by atoms with Crippen LogP contribution in [0.2, 0.25) is 0 Å². The summed E-state index contributed by atoms with van der Waals surface area (Å²) in [5, 5.41) is 13.4. The Balaban J connectivity index is 2.17. The van der Waals surface area contributed by atoms with E-state index in [-0.39, 0.29) is 5.91 Å². The highest BCUT2D eigenvalue weighted by atomic mass is 32.1. The van der Waals surface area contributed by atoms with Crippen LogP contribution in [0, 0.1) is 6.92 Å². The molecule has 2 N–H and O–H groups in total. The van der Waals surface area contributed by atoms with Gasteiger partial charge in [-0.3, -0.25) is 9.89 Å². The highest BCUT2D eigenvalue weighted by Crippen LogP contribution is 2.17. The van der Waals surface area contributed by atoms with Crippen molar-refractivity contribution in [2.24, 2.45) is 0 Å². The second-order valence-corrected chi connectivity index (χ2v) is 4.29. The molecule has 2 aromatic rings. The third-order valence-electron chi connectivity index (χ3n) is 2.44. The Morgan fingerprint density at radius 2 is 2.38 bits per heavy atom. The van der Waals surface area contributed by atoms with Gasteiger partial charge in [0.25, 0.3) is 5.91 Å². The van der Waals surface area contributed by atoms with Crippen molar-refractivity contribution in [3.05, 3.63) is 33.6 Å². The van der Waals surface area contributed by atoms with Gasteiger partial charge in [-0.05, 0) is 24.3 Å². The number of amides is 1. The van der Waals surface area contributed by atoms with Crippen molar-refractivity contribution < 1.29 is 4.79 Å². The summed E-state index contributed by atoms with van der Waals surface area (Å²) < 4.78 is 0. The standard InChI is InChI=1S/C11H13N3OS/c1-3-8-4-12-14-10(8)13-11(15)9-6-16-5-7(9)2/h4-6H,3H2,1-2H3,(H2,12,13,14,15). The number of aromatic amines is 1. The molecule has 0 aliphatic carbocycles. The average molecular weight is 235 g/mol. The summed E-state index contributed by atoms with van der Waals surface area (Å²) >= 11 is 1.53. The molecule has 0 unspecified atom stereocenters. The topological polar surface area (TPSA) is 57.8 Å². The molecule has 0 spiro atoms. The predicted molar refractivity (Wildman–Crippen MR) is 65.0 cm³/mol. The van der Waals surface area contributed by atoms with E-state index in [0.29, 0.717) is 5.82 Å². The molecule has 1 amide bonds. The van der Waals surface area contributed by atoms with Gasteiger partial charge < -0.3 is 5.32 Å². The van der Waals surface area contributed by atoms with Crippen molar-refractivity contribution in [2.75, 3.05) is 5.32 Å². The van der Waals surface area contributed by atoms with Crippen molar-refractivity contribution in [3.63, 3.8) is 0 Å². The van der Waals surface area contributed by atoms with Crippen molar-refractivity contribution in [2.45, 2.75) is 20.3 Å². The lowest BCUT2D eigenvalue weighted by Crippen LogP contribution is -2.13. The smallest absolute Gasteiger partial charge is 0.257 e. The monoisotopic (exact) mass is 235 g/mol. The van der Waals surface area contributed by atoms with Gasteiger partial charge in [0.05, 0.1) is 11.8 Å². The molecule has 0 aliphatic heterocycles. The van der Waals surface area contributed by atoms with E-state index >= 15 is 0 Å². The third-order valence-corrected chi connectivity index (χ3v) is 3.30. The summed E-state index contributed by atoms with van der Waals surface area (Å²) in [7, 11) is 0. The Bertz CT molecular complexity index is 501. The van der Waals surface area contributed by atoms with Crippen LogP contribution in [-0.4, -0.2) is 16.1 Å². The Morgan fingerprint density at radius 1 is 1.56 bits per heavy atom. The van der Waals surface area contributed by atoms with Crippen LogP contribution in [-0.2, 0) is 6.42 Å². The third kappa shape index (κ3) is 1.99. The van der Waals surface area contributed by atoms with Gasteiger partial charge >= 0.3 is 0 Å². The number of hydrogen-bond donors (Lipinski definition) is 2. The highest BCUT2D eigenvalue weighted by Gasteiger charge is 2.12. The minimum Gasteiger partial charge on any atom is -0.307 e. The molecule has 0 aromatic carbocycles. The van der Waals surface area contributed by atoms with E-state index in [9.17, 15) is 4.79 Å². The van der Waals surface area contributed by atoms with Gasteiger partial charge in [-0.1, -0.05) is 6.92 Å². The zero-order valence-electron chi connectivity index (χ0n) is 9.20. The van der Waals surface area contributed by atoms with Gasteiger partial charge in [0.2, 0.25) is 0 Å². The quantitative estimate of drug-likeness (QED) is 0.859. The van der Waals surface area contributed by atoms with Crippen LogP contribution in [0.15, 0.2) is 17.0 Å². The Morgan fingerprint density at radius 3 is 3.00 bits per heavy atom. The summed E-state index contributed by atoms with van der Waals surface area (Å²) in [5.41, 5.74) is 2.74. The lowest BCUT2D eigenvalue weighted by Gasteiger charge is -2.03. The van der Waals surface area contributed by atoms with Crippen LogP contribution < -0.4 is 5.32 Å². The molecular formula is C11H13N3OS. The molecule has 0 saturated carbocycles. The lowest BCUT2D eigenvalue weighted by atomic mass is 10.2. The van der Waals surface area contributed by atoms with E-state index in [1.165, 1.54) is 11.3 Å². The van der Waals surface area contributed by atoms with Gasteiger partial charge in [0.1, 0.15) is 5.82 Å². The minimum absolute atomic E-state index is 0.0855. The molecule has 0 bridgehead atoms. The van der Waals surface area contributed by atoms with E-state index in [1.807, 2.05) is 24.6 Å². The lowest BCUT2D eigenvalue weighted by molar-refractivity contribution is 0.102. The Labute approximate surface area is 97.7 Å². The van der Waals surface area contributed by atoms with Gasteiger partial charge in [-0.25, -0.2) is 0 Å². The molecule has 16 heavy (non-hydrogen) atoms. The number of aryl methyl sites for hydroxylation is 2. The number of carbonyl (C=O) groups excluding carboxylic acids is 1. The van der Waals surface area contributed by atoms with Crippen LogP contribution in [0.3, 0.4) is 0 Å². The largest absolute Gasteiger partial charge is 0.307 e. The van der Waals surface area contributed by atoms with Gasteiger partial charge in [0.15, 0.2) is 0 Å². The summed E-state index contributed by atoms with van der Waals surface area (Å²) in [5.74, 6) is 0.607.